The van der Waals surface area contributed by atoms with Crippen molar-refractivity contribution in [2.45, 2.75) is 36.0 Å². The highest BCUT2D eigenvalue weighted by atomic mass is 32.2. The summed E-state index contributed by atoms with van der Waals surface area (Å²) >= 11 is 1.55. The quantitative estimate of drug-likeness (QED) is 0.746. The number of carbonyl (C=O) groups is 1. The minimum Gasteiger partial charge on any atom is -0.298 e. The molecule has 0 aliphatic heterocycles. The van der Waals surface area contributed by atoms with Crippen LogP contribution in [-0.4, -0.2) is 21.0 Å². The van der Waals surface area contributed by atoms with E-state index in [-0.39, 0.29) is 5.25 Å². The minimum atomic E-state index is 0.112. The Kier molecular flexibility index (Phi) is 3.14. The van der Waals surface area contributed by atoms with Gasteiger partial charge in [0.15, 0.2) is 0 Å². The van der Waals surface area contributed by atoms with E-state index in [2.05, 4.69) is 9.97 Å². The lowest BCUT2D eigenvalue weighted by Gasteiger charge is -2.18. The molecule has 1 saturated carbocycles. The smallest absolute Gasteiger partial charge is 0.146 e. The SMILES string of the molecule is O=C1CCCCC1Sc1cnccn1. The Morgan fingerprint density at radius 2 is 2.29 bits per heavy atom. The lowest BCUT2D eigenvalue weighted by atomic mass is 9.99. The van der Waals surface area contributed by atoms with Gasteiger partial charge in [-0.3, -0.25) is 9.78 Å². The second-order valence-electron chi connectivity index (χ2n) is 3.36. The summed E-state index contributed by atoms with van der Waals surface area (Å²) in [7, 11) is 0. The van der Waals surface area contributed by atoms with Crippen molar-refractivity contribution < 1.29 is 4.79 Å². The summed E-state index contributed by atoms with van der Waals surface area (Å²) in [6.07, 6.45) is 8.95. The lowest BCUT2D eigenvalue weighted by molar-refractivity contribution is -0.119. The third kappa shape index (κ3) is 2.32. The molecule has 0 spiro atoms. The van der Waals surface area contributed by atoms with Gasteiger partial charge in [-0.2, -0.15) is 0 Å². The monoisotopic (exact) mass is 208 g/mol. The van der Waals surface area contributed by atoms with Crippen molar-refractivity contribution in [1.82, 2.24) is 9.97 Å². The molecule has 1 aliphatic rings. The Morgan fingerprint density at radius 3 is 3.00 bits per heavy atom. The summed E-state index contributed by atoms with van der Waals surface area (Å²) < 4.78 is 0. The number of ketones is 1. The zero-order valence-electron chi connectivity index (χ0n) is 7.85. The second-order valence-corrected chi connectivity index (χ2v) is 4.59. The first kappa shape index (κ1) is 9.65. The largest absolute Gasteiger partial charge is 0.298 e. The molecule has 74 valence electrons. The Morgan fingerprint density at radius 1 is 1.36 bits per heavy atom. The van der Waals surface area contributed by atoms with Crippen LogP contribution in [0, 0.1) is 0 Å². The number of carbonyl (C=O) groups excluding carboxylic acids is 1. The van der Waals surface area contributed by atoms with Crippen molar-refractivity contribution in [2.24, 2.45) is 0 Å². The number of Topliss-reactive ketones (excluding diaryl/α,β-unsaturated/α-hetero) is 1. The Bertz CT molecular complexity index is 315. The standard InChI is InChI=1S/C10H12N2OS/c13-8-3-1-2-4-9(8)14-10-7-11-5-6-12-10/h5-7,9H,1-4H2. The number of hydrogen-bond donors (Lipinski definition) is 0. The topological polar surface area (TPSA) is 42.9 Å². The van der Waals surface area contributed by atoms with Crippen LogP contribution in [0.25, 0.3) is 0 Å². The normalized spacial score (nSPS) is 22.3. The molecule has 0 N–H and O–H groups in total. The van der Waals surface area contributed by atoms with E-state index < -0.39 is 0 Å². The van der Waals surface area contributed by atoms with Crippen LogP contribution < -0.4 is 0 Å². The summed E-state index contributed by atoms with van der Waals surface area (Å²) in [6, 6.07) is 0. The van der Waals surface area contributed by atoms with Crippen LogP contribution in [0.5, 0.6) is 0 Å². The first-order valence-electron chi connectivity index (χ1n) is 4.81. The molecule has 1 aromatic heterocycles. The second kappa shape index (κ2) is 4.55. The first-order valence-corrected chi connectivity index (χ1v) is 5.69. The van der Waals surface area contributed by atoms with Gasteiger partial charge >= 0.3 is 0 Å². The highest BCUT2D eigenvalue weighted by Gasteiger charge is 2.23. The van der Waals surface area contributed by atoms with E-state index in [1.165, 1.54) is 0 Å². The molecule has 1 unspecified atom stereocenters. The Balaban J connectivity index is 2.00. The summed E-state index contributed by atoms with van der Waals surface area (Å²) in [6.45, 7) is 0. The van der Waals surface area contributed by atoms with Crippen LogP contribution in [-0.2, 0) is 4.79 Å². The molecule has 3 nitrogen and oxygen atoms in total. The average molecular weight is 208 g/mol. The maximum atomic E-state index is 11.5. The molecule has 0 radical (unpaired) electrons. The molecule has 14 heavy (non-hydrogen) atoms. The molecule has 0 amide bonds. The molecule has 2 rings (SSSR count). The van der Waals surface area contributed by atoms with E-state index in [0.29, 0.717) is 5.78 Å². The maximum absolute atomic E-state index is 11.5. The van der Waals surface area contributed by atoms with E-state index in [1.54, 1.807) is 30.4 Å². The first-order chi connectivity index (χ1) is 6.86. The molecule has 1 fully saturated rings. The Hall–Kier alpha value is -0.900. The zero-order chi connectivity index (χ0) is 9.80. The van der Waals surface area contributed by atoms with Crippen LogP contribution in [0.4, 0.5) is 0 Å². The maximum Gasteiger partial charge on any atom is 0.146 e. The van der Waals surface area contributed by atoms with Crippen molar-refractivity contribution in [1.29, 1.82) is 0 Å². The molecular weight excluding hydrogens is 196 g/mol. The number of aromatic nitrogens is 2. The van der Waals surface area contributed by atoms with Crippen LogP contribution in [0.1, 0.15) is 25.7 Å². The van der Waals surface area contributed by atoms with E-state index in [0.717, 1.165) is 30.7 Å². The van der Waals surface area contributed by atoms with Gasteiger partial charge in [0.1, 0.15) is 10.8 Å². The summed E-state index contributed by atoms with van der Waals surface area (Å²) in [5, 5.41) is 0.966. The van der Waals surface area contributed by atoms with Gasteiger partial charge in [-0.1, -0.05) is 18.2 Å². The third-order valence-corrected chi connectivity index (χ3v) is 3.54. The summed E-state index contributed by atoms with van der Waals surface area (Å²) in [5.74, 6) is 0.368. The van der Waals surface area contributed by atoms with Gasteiger partial charge in [0, 0.05) is 18.8 Å². The number of nitrogens with zero attached hydrogens (tertiary/aromatic N) is 2. The van der Waals surface area contributed by atoms with Crippen molar-refractivity contribution >= 4 is 17.5 Å². The van der Waals surface area contributed by atoms with Crippen molar-refractivity contribution in [3.05, 3.63) is 18.6 Å². The van der Waals surface area contributed by atoms with Crippen molar-refractivity contribution in [2.75, 3.05) is 0 Å². The molecule has 1 heterocycles. The molecule has 0 saturated heterocycles. The van der Waals surface area contributed by atoms with Gasteiger partial charge < -0.3 is 0 Å². The molecular formula is C10H12N2OS. The Labute approximate surface area is 87.3 Å². The highest BCUT2D eigenvalue weighted by molar-refractivity contribution is 8.00. The fourth-order valence-corrected chi connectivity index (χ4v) is 2.64. The number of thioether (sulfide) groups is 1. The lowest BCUT2D eigenvalue weighted by Crippen LogP contribution is -2.21. The van der Waals surface area contributed by atoms with Gasteiger partial charge in [-0.15, -0.1) is 0 Å². The minimum absolute atomic E-state index is 0.112. The van der Waals surface area contributed by atoms with Gasteiger partial charge in [-0.25, -0.2) is 4.98 Å². The van der Waals surface area contributed by atoms with Crippen LogP contribution in [0.2, 0.25) is 0 Å². The third-order valence-electron chi connectivity index (χ3n) is 2.30. The van der Waals surface area contributed by atoms with Crippen molar-refractivity contribution in [3.63, 3.8) is 0 Å². The van der Waals surface area contributed by atoms with Gasteiger partial charge in [-0.05, 0) is 12.8 Å². The molecule has 0 bridgehead atoms. The highest BCUT2D eigenvalue weighted by Crippen LogP contribution is 2.29. The predicted octanol–water partition coefficient (Wildman–Crippen LogP) is 2.08. The average Bonchev–Trinajstić information content (AvgIpc) is 2.23. The van der Waals surface area contributed by atoms with Gasteiger partial charge in [0.25, 0.3) is 0 Å². The fourth-order valence-electron chi connectivity index (χ4n) is 1.57. The van der Waals surface area contributed by atoms with E-state index in [9.17, 15) is 4.79 Å². The molecule has 1 aromatic rings. The van der Waals surface area contributed by atoms with Crippen LogP contribution in [0.15, 0.2) is 23.6 Å². The van der Waals surface area contributed by atoms with Gasteiger partial charge in [0.2, 0.25) is 0 Å². The molecule has 4 heteroatoms. The molecule has 0 aromatic carbocycles. The van der Waals surface area contributed by atoms with Gasteiger partial charge in [0.05, 0.1) is 11.4 Å². The number of hydrogen-bond acceptors (Lipinski definition) is 4. The summed E-state index contributed by atoms with van der Waals surface area (Å²) in [5.41, 5.74) is 0. The molecule has 1 aliphatic carbocycles. The zero-order valence-corrected chi connectivity index (χ0v) is 8.67. The van der Waals surface area contributed by atoms with Crippen LogP contribution >= 0.6 is 11.8 Å². The van der Waals surface area contributed by atoms with E-state index in [4.69, 9.17) is 0 Å². The van der Waals surface area contributed by atoms with E-state index >= 15 is 0 Å². The molecule has 1 atom stereocenters. The summed E-state index contributed by atoms with van der Waals surface area (Å²) in [4.78, 5) is 19.7. The fraction of sp³-hybridized carbons (Fsp3) is 0.500. The van der Waals surface area contributed by atoms with Crippen LogP contribution in [0.3, 0.4) is 0 Å². The van der Waals surface area contributed by atoms with Crippen molar-refractivity contribution in [3.8, 4) is 0 Å². The predicted molar refractivity (Wildman–Crippen MR) is 55.2 cm³/mol. The van der Waals surface area contributed by atoms with E-state index in [1.807, 2.05) is 0 Å². The number of rotatable bonds is 2.